The molecule has 0 atom stereocenters. The Kier molecular flexibility index (Phi) is 5.25. The predicted octanol–water partition coefficient (Wildman–Crippen LogP) is 3.76. The van der Waals surface area contributed by atoms with Crippen molar-refractivity contribution in [1.82, 2.24) is 24.8 Å². The molecule has 1 aliphatic carbocycles. The fourth-order valence-corrected chi connectivity index (χ4v) is 4.40. The van der Waals surface area contributed by atoms with Gasteiger partial charge in [0.05, 0.1) is 0 Å². The van der Waals surface area contributed by atoms with Crippen molar-refractivity contribution >= 4 is 29.2 Å². The van der Waals surface area contributed by atoms with Crippen molar-refractivity contribution in [2.45, 2.75) is 57.5 Å². The van der Waals surface area contributed by atoms with Crippen molar-refractivity contribution < 1.29 is 0 Å². The molecule has 0 radical (unpaired) electrons. The van der Waals surface area contributed by atoms with Crippen LogP contribution in [0.5, 0.6) is 0 Å². The van der Waals surface area contributed by atoms with E-state index in [4.69, 9.17) is 33.9 Å². The number of aromatic nitrogens is 4. The van der Waals surface area contributed by atoms with Gasteiger partial charge in [0.15, 0.2) is 0 Å². The molecule has 2 aromatic rings. The molecule has 6 nitrogen and oxygen atoms in total. The highest BCUT2D eigenvalue weighted by Gasteiger charge is 2.24. The summed E-state index contributed by atoms with van der Waals surface area (Å²) in [6.45, 7) is 2.25. The van der Waals surface area contributed by atoms with Gasteiger partial charge in [-0.25, -0.2) is 19.9 Å². The SMILES string of the molecule is Nc1nc(Cl)c(CN2CCc3nc(C4CCCCC4)ncc3C2)c(Cl)n1. The third-order valence-corrected chi connectivity index (χ3v) is 5.93. The summed E-state index contributed by atoms with van der Waals surface area (Å²) in [5.41, 5.74) is 8.66. The van der Waals surface area contributed by atoms with Crippen molar-refractivity contribution in [2.75, 3.05) is 12.3 Å². The molecule has 0 bridgehead atoms. The molecule has 1 fully saturated rings. The van der Waals surface area contributed by atoms with Gasteiger partial charge < -0.3 is 5.73 Å². The van der Waals surface area contributed by atoms with E-state index in [-0.39, 0.29) is 5.95 Å². The number of fused-ring (bicyclic) bond motifs is 1. The Morgan fingerprint density at radius 1 is 1.08 bits per heavy atom. The van der Waals surface area contributed by atoms with Gasteiger partial charge in [-0.3, -0.25) is 4.90 Å². The van der Waals surface area contributed by atoms with E-state index in [9.17, 15) is 0 Å². The monoisotopic (exact) mass is 392 g/mol. The van der Waals surface area contributed by atoms with E-state index < -0.39 is 0 Å². The maximum Gasteiger partial charge on any atom is 0.222 e. The molecule has 26 heavy (non-hydrogen) atoms. The van der Waals surface area contributed by atoms with Gasteiger partial charge in [0.25, 0.3) is 0 Å². The molecular weight excluding hydrogens is 371 g/mol. The topological polar surface area (TPSA) is 80.8 Å². The molecule has 0 saturated heterocycles. The molecule has 0 unspecified atom stereocenters. The van der Waals surface area contributed by atoms with Crippen molar-refractivity contribution in [1.29, 1.82) is 0 Å². The quantitative estimate of drug-likeness (QED) is 0.800. The van der Waals surface area contributed by atoms with E-state index in [2.05, 4.69) is 19.9 Å². The summed E-state index contributed by atoms with van der Waals surface area (Å²) in [5, 5.41) is 0.634. The van der Waals surface area contributed by atoms with E-state index >= 15 is 0 Å². The first-order chi connectivity index (χ1) is 12.6. The molecule has 2 aromatic heterocycles. The molecule has 2 N–H and O–H groups in total. The molecule has 0 amide bonds. The zero-order valence-electron chi connectivity index (χ0n) is 14.6. The van der Waals surface area contributed by atoms with Crippen LogP contribution in [0.3, 0.4) is 0 Å². The van der Waals surface area contributed by atoms with E-state index in [0.717, 1.165) is 25.3 Å². The van der Waals surface area contributed by atoms with Crippen molar-refractivity contribution in [3.8, 4) is 0 Å². The second-order valence-corrected chi connectivity index (χ2v) is 7.85. The maximum absolute atomic E-state index is 6.19. The smallest absolute Gasteiger partial charge is 0.222 e. The molecule has 1 aliphatic heterocycles. The zero-order chi connectivity index (χ0) is 18.1. The minimum Gasteiger partial charge on any atom is -0.368 e. The number of nitrogens with two attached hydrogens (primary N) is 1. The van der Waals surface area contributed by atoms with E-state index in [1.54, 1.807) is 0 Å². The van der Waals surface area contributed by atoms with Crippen LogP contribution < -0.4 is 5.73 Å². The second kappa shape index (κ2) is 7.62. The number of rotatable bonds is 3. The first-order valence-corrected chi connectivity index (χ1v) is 9.90. The summed E-state index contributed by atoms with van der Waals surface area (Å²) in [6.07, 6.45) is 9.28. The number of nitrogen functional groups attached to an aromatic ring is 1. The number of halogens is 2. The summed E-state index contributed by atoms with van der Waals surface area (Å²) in [5.74, 6) is 1.67. The zero-order valence-corrected chi connectivity index (χ0v) is 16.1. The highest BCUT2D eigenvalue weighted by atomic mass is 35.5. The highest BCUT2D eigenvalue weighted by molar-refractivity contribution is 6.34. The van der Waals surface area contributed by atoms with Crippen LogP contribution in [0.4, 0.5) is 5.95 Å². The van der Waals surface area contributed by atoms with Gasteiger partial charge in [-0.1, -0.05) is 42.5 Å². The predicted molar refractivity (Wildman–Crippen MR) is 102 cm³/mol. The third kappa shape index (κ3) is 3.77. The first kappa shape index (κ1) is 17.9. The minimum atomic E-state index is 0.0939. The Balaban J connectivity index is 1.48. The summed E-state index contributed by atoms with van der Waals surface area (Å²) < 4.78 is 0. The van der Waals surface area contributed by atoms with Crippen LogP contribution in [0, 0.1) is 0 Å². The summed E-state index contributed by atoms with van der Waals surface area (Å²) in [7, 11) is 0. The first-order valence-electron chi connectivity index (χ1n) is 9.14. The van der Waals surface area contributed by atoms with Crippen LogP contribution in [0.25, 0.3) is 0 Å². The van der Waals surface area contributed by atoms with Crippen LogP contribution in [0.15, 0.2) is 6.20 Å². The lowest BCUT2D eigenvalue weighted by atomic mass is 9.88. The largest absolute Gasteiger partial charge is 0.368 e. The van der Waals surface area contributed by atoms with E-state index in [0.29, 0.717) is 28.3 Å². The van der Waals surface area contributed by atoms with Gasteiger partial charge in [-0.15, -0.1) is 0 Å². The molecular formula is C18H22Cl2N6. The average molecular weight is 393 g/mol. The lowest BCUT2D eigenvalue weighted by Crippen LogP contribution is -2.31. The fraction of sp³-hybridized carbons (Fsp3) is 0.556. The summed E-state index contributed by atoms with van der Waals surface area (Å²) >= 11 is 12.4. The van der Waals surface area contributed by atoms with Gasteiger partial charge in [0, 0.05) is 55.0 Å². The van der Waals surface area contributed by atoms with Gasteiger partial charge in [0.2, 0.25) is 5.95 Å². The van der Waals surface area contributed by atoms with Crippen LogP contribution in [-0.2, 0) is 19.5 Å². The van der Waals surface area contributed by atoms with Crippen LogP contribution in [0.1, 0.15) is 60.7 Å². The van der Waals surface area contributed by atoms with Crippen molar-refractivity contribution in [3.63, 3.8) is 0 Å². The standard InChI is InChI=1S/C18H22Cl2N6/c19-15-13(16(20)25-18(21)24-15)10-26-7-6-14-12(9-26)8-22-17(23-14)11-4-2-1-3-5-11/h8,11H,1-7,9-10H2,(H2,21,24,25). The molecule has 4 rings (SSSR count). The molecule has 0 aromatic carbocycles. The van der Waals surface area contributed by atoms with Crippen LogP contribution in [-0.4, -0.2) is 31.4 Å². The van der Waals surface area contributed by atoms with Gasteiger partial charge in [0.1, 0.15) is 16.1 Å². The van der Waals surface area contributed by atoms with Crippen LogP contribution in [0.2, 0.25) is 10.3 Å². The van der Waals surface area contributed by atoms with E-state index in [1.165, 1.54) is 43.4 Å². The maximum atomic E-state index is 6.19. The molecule has 138 valence electrons. The number of anilines is 1. The minimum absolute atomic E-state index is 0.0939. The molecule has 0 spiro atoms. The fourth-order valence-electron chi connectivity index (χ4n) is 3.88. The summed E-state index contributed by atoms with van der Waals surface area (Å²) in [4.78, 5) is 19.8. The Bertz CT molecular complexity index is 783. The molecule has 1 saturated carbocycles. The van der Waals surface area contributed by atoms with Gasteiger partial charge >= 0.3 is 0 Å². The van der Waals surface area contributed by atoms with Crippen molar-refractivity contribution in [2.24, 2.45) is 0 Å². The Labute approximate surface area is 163 Å². The van der Waals surface area contributed by atoms with Crippen molar-refractivity contribution in [3.05, 3.63) is 39.1 Å². The lowest BCUT2D eigenvalue weighted by Gasteiger charge is -2.29. The van der Waals surface area contributed by atoms with Crippen LogP contribution >= 0.6 is 23.2 Å². The second-order valence-electron chi connectivity index (χ2n) is 7.14. The number of nitrogens with zero attached hydrogens (tertiary/aromatic N) is 5. The lowest BCUT2D eigenvalue weighted by molar-refractivity contribution is 0.241. The molecule has 3 heterocycles. The van der Waals surface area contributed by atoms with Gasteiger partial charge in [-0.05, 0) is 12.8 Å². The Morgan fingerprint density at radius 2 is 1.81 bits per heavy atom. The Hall–Kier alpha value is -1.50. The molecule has 2 aliphatic rings. The number of hydrogen-bond donors (Lipinski definition) is 1. The molecule has 8 heteroatoms. The highest BCUT2D eigenvalue weighted by Crippen LogP contribution is 2.32. The van der Waals surface area contributed by atoms with Gasteiger partial charge in [-0.2, -0.15) is 0 Å². The Morgan fingerprint density at radius 3 is 2.54 bits per heavy atom. The number of hydrogen-bond acceptors (Lipinski definition) is 6. The summed E-state index contributed by atoms with van der Waals surface area (Å²) in [6, 6.07) is 0. The third-order valence-electron chi connectivity index (χ3n) is 5.31. The van der Waals surface area contributed by atoms with E-state index in [1.807, 2.05) is 6.20 Å². The normalized spacial score (nSPS) is 18.7. The average Bonchev–Trinajstić information content (AvgIpc) is 2.65.